The first-order chi connectivity index (χ1) is 12.5. The number of carbonyl (C=O) groups excluding carboxylic acids is 1. The SMILES string of the molecule is CN(C)CCNC(=O)c1cc(Cl)cc2oc3nc4ccccc4nc3c12. The van der Waals surface area contributed by atoms with E-state index in [1.165, 1.54) is 0 Å². The van der Waals surface area contributed by atoms with E-state index in [0.29, 0.717) is 39.3 Å². The van der Waals surface area contributed by atoms with Crippen LogP contribution in [0, 0.1) is 0 Å². The van der Waals surface area contributed by atoms with Crippen LogP contribution >= 0.6 is 11.6 Å². The van der Waals surface area contributed by atoms with Gasteiger partial charge >= 0.3 is 0 Å². The summed E-state index contributed by atoms with van der Waals surface area (Å²) >= 11 is 6.20. The molecule has 26 heavy (non-hydrogen) atoms. The maximum Gasteiger partial charge on any atom is 0.252 e. The summed E-state index contributed by atoms with van der Waals surface area (Å²) in [6, 6.07) is 10.9. The van der Waals surface area contributed by atoms with E-state index in [4.69, 9.17) is 16.0 Å². The molecular weight excluding hydrogens is 352 g/mol. The van der Waals surface area contributed by atoms with E-state index in [1.807, 2.05) is 43.3 Å². The van der Waals surface area contributed by atoms with Crippen LogP contribution in [0.1, 0.15) is 10.4 Å². The highest BCUT2D eigenvalue weighted by atomic mass is 35.5. The van der Waals surface area contributed by atoms with Crippen molar-refractivity contribution in [1.82, 2.24) is 20.2 Å². The molecule has 2 heterocycles. The molecule has 2 aromatic heterocycles. The number of nitrogens with one attached hydrogen (secondary N) is 1. The second-order valence-electron chi connectivity index (χ2n) is 6.35. The van der Waals surface area contributed by atoms with Crippen molar-refractivity contribution < 1.29 is 9.21 Å². The Labute approximate surface area is 154 Å². The molecule has 0 aliphatic carbocycles. The van der Waals surface area contributed by atoms with Gasteiger partial charge in [0.2, 0.25) is 5.71 Å². The Morgan fingerprint density at radius 2 is 1.92 bits per heavy atom. The van der Waals surface area contributed by atoms with Crippen LogP contribution in [0.4, 0.5) is 0 Å². The first-order valence-corrected chi connectivity index (χ1v) is 8.62. The largest absolute Gasteiger partial charge is 0.436 e. The number of fused-ring (bicyclic) bond motifs is 4. The number of benzene rings is 2. The lowest BCUT2D eigenvalue weighted by Crippen LogP contribution is -2.31. The molecule has 6 nitrogen and oxygen atoms in total. The van der Waals surface area contributed by atoms with Crippen molar-refractivity contribution in [2.24, 2.45) is 0 Å². The van der Waals surface area contributed by atoms with Crippen molar-refractivity contribution >= 4 is 50.7 Å². The molecule has 4 aromatic rings. The Morgan fingerprint density at radius 1 is 1.19 bits per heavy atom. The number of nitrogens with zero attached hydrogens (tertiary/aromatic N) is 3. The summed E-state index contributed by atoms with van der Waals surface area (Å²) in [4.78, 5) is 23.9. The number of furan rings is 1. The molecule has 1 amide bonds. The lowest BCUT2D eigenvalue weighted by Gasteiger charge is -2.11. The number of para-hydroxylation sites is 2. The van der Waals surface area contributed by atoms with Crippen LogP contribution in [-0.4, -0.2) is 48.0 Å². The summed E-state index contributed by atoms with van der Waals surface area (Å²) in [5.74, 6) is -0.211. The number of hydrogen-bond acceptors (Lipinski definition) is 5. The average molecular weight is 369 g/mol. The minimum absolute atomic E-state index is 0.211. The molecule has 0 saturated heterocycles. The quantitative estimate of drug-likeness (QED) is 0.597. The molecule has 7 heteroatoms. The van der Waals surface area contributed by atoms with E-state index < -0.39 is 0 Å². The van der Waals surface area contributed by atoms with Gasteiger partial charge in [0.25, 0.3) is 5.91 Å². The minimum atomic E-state index is -0.211. The number of hydrogen-bond donors (Lipinski definition) is 1. The molecule has 4 rings (SSSR count). The Morgan fingerprint density at radius 3 is 2.65 bits per heavy atom. The molecule has 0 saturated carbocycles. The molecule has 0 unspecified atom stereocenters. The predicted octanol–water partition coefficient (Wildman–Crippen LogP) is 3.47. The van der Waals surface area contributed by atoms with E-state index in [-0.39, 0.29) is 5.91 Å². The zero-order chi connectivity index (χ0) is 18.3. The van der Waals surface area contributed by atoms with Crippen LogP contribution in [-0.2, 0) is 0 Å². The standard InChI is InChI=1S/C19H17ClN4O2/c1-24(2)8-7-21-18(25)12-9-11(20)10-15-16(12)17-19(26-15)23-14-6-4-3-5-13(14)22-17/h3-6,9-10H,7-8H2,1-2H3,(H,21,25). The predicted molar refractivity (Wildman–Crippen MR) is 103 cm³/mol. The molecule has 132 valence electrons. The lowest BCUT2D eigenvalue weighted by atomic mass is 10.1. The van der Waals surface area contributed by atoms with Gasteiger partial charge in [0.1, 0.15) is 11.1 Å². The summed E-state index contributed by atoms with van der Waals surface area (Å²) in [6.07, 6.45) is 0. The van der Waals surface area contributed by atoms with Crippen LogP contribution in [0.2, 0.25) is 5.02 Å². The summed E-state index contributed by atoms with van der Waals surface area (Å²) < 4.78 is 5.83. The number of rotatable bonds is 4. The second-order valence-corrected chi connectivity index (χ2v) is 6.79. The first-order valence-electron chi connectivity index (χ1n) is 8.24. The molecule has 2 aromatic carbocycles. The molecule has 0 spiro atoms. The molecule has 1 N–H and O–H groups in total. The Kier molecular flexibility index (Phi) is 4.22. The van der Waals surface area contributed by atoms with E-state index in [2.05, 4.69) is 15.3 Å². The van der Waals surface area contributed by atoms with E-state index >= 15 is 0 Å². The van der Waals surface area contributed by atoms with Crippen LogP contribution in [0.5, 0.6) is 0 Å². The van der Waals surface area contributed by atoms with Crippen molar-refractivity contribution in [2.75, 3.05) is 27.2 Å². The van der Waals surface area contributed by atoms with Gasteiger partial charge in [0.15, 0.2) is 0 Å². The number of halogens is 1. The molecule has 0 bridgehead atoms. The van der Waals surface area contributed by atoms with Crippen LogP contribution in [0.15, 0.2) is 40.8 Å². The number of carbonyl (C=O) groups is 1. The summed E-state index contributed by atoms with van der Waals surface area (Å²) in [7, 11) is 3.90. The Hall–Kier alpha value is -2.70. The minimum Gasteiger partial charge on any atom is -0.436 e. The fraction of sp³-hybridized carbons (Fsp3) is 0.211. The normalized spacial score (nSPS) is 11.7. The average Bonchev–Trinajstić information content (AvgIpc) is 2.95. The zero-order valence-corrected chi connectivity index (χ0v) is 15.2. The fourth-order valence-electron chi connectivity index (χ4n) is 2.90. The lowest BCUT2D eigenvalue weighted by molar-refractivity contribution is 0.0952. The first kappa shape index (κ1) is 16.8. The Bertz CT molecular complexity index is 1140. The van der Waals surface area contributed by atoms with Crippen LogP contribution in [0.3, 0.4) is 0 Å². The highest BCUT2D eigenvalue weighted by molar-refractivity contribution is 6.32. The van der Waals surface area contributed by atoms with E-state index in [0.717, 1.165) is 17.6 Å². The molecular formula is C19H17ClN4O2. The monoisotopic (exact) mass is 368 g/mol. The van der Waals surface area contributed by atoms with Gasteiger partial charge in [-0.2, -0.15) is 0 Å². The van der Waals surface area contributed by atoms with Crippen molar-refractivity contribution in [2.45, 2.75) is 0 Å². The van der Waals surface area contributed by atoms with Gasteiger partial charge in [-0.15, -0.1) is 0 Å². The van der Waals surface area contributed by atoms with Crippen molar-refractivity contribution in [1.29, 1.82) is 0 Å². The van der Waals surface area contributed by atoms with Crippen molar-refractivity contribution in [3.05, 3.63) is 47.0 Å². The molecule has 0 aliphatic rings. The van der Waals surface area contributed by atoms with Gasteiger partial charge < -0.3 is 14.6 Å². The highest BCUT2D eigenvalue weighted by Crippen LogP contribution is 2.33. The van der Waals surface area contributed by atoms with E-state index in [1.54, 1.807) is 12.1 Å². The van der Waals surface area contributed by atoms with Gasteiger partial charge in [-0.3, -0.25) is 4.79 Å². The highest BCUT2D eigenvalue weighted by Gasteiger charge is 2.19. The van der Waals surface area contributed by atoms with Crippen LogP contribution < -0.4 is 5.32 Å². The number of aromatic nitrogens is 2. The molecule has 0 radical (unpaired) electrons. The maximum atomic E-state index is 12.7. The van der Waals surface area contributed by atoms with Gasteiger partial charge in [-0.1, -0.05) is 23.7 Å². The summed E-state index contributed by atoms with van der Waals surface area (Å²) in [6.45, 7) is 1.27. The zero-order valence-electron chi connectivity index (χ0n) is 14.4. The third-order valence-corrected chi connectivity index (χ3v) is 4.36. The fourth-order valence-corrected chi connectivity index (χ4v) is 3.10. The van der Waals surface area contributed by atoms with Crippen LogP contribution in [0.25, 0.3) is 33.2 Å². The second kappa shape index (κ2) is 6.55. The third-order valence-electron chi connectivity index (χ3n) is 4.14. The molecule has 0 aliphatic heterocycles. The topological polar surface area (TPSA) is 71.3 Å². The summed E-state index contributed by atoms with van der Waals surface area (Å²) in [5, 5.41) is 3.97. The van der Waals surface area contributed by atoms with Gasteiger partial charge in [-0.25, -0.2) is 9.97 Å². The van der Waals surface area contributed by atoms with Crippen molar-refractivity contribution in [3.8, 4) is 0 Å². The number of likely N-dealkylation sites (N-methyl/N-ethyl adjacent to an activating group) is 1. The van der Waals surface area contributed by atoms with Gasteiger partial charge in [-0.05, 0) is 32.3 Å². The van der Waals surface area contributed by atoms with Gasteiger partial charge in [0, 0.05) is 24.2 Å². The number of amides is 1. The van der Waals surface area contributed by atoms with E-state index in [9.17, 15) is 4.79 Å². The summed E-state index contributed by atoms with van der Waals surface area (Å²) in [5.41, 5.74) is 3.38. The van der Waals surface area contributed by atoms with Gasteiger partial charge in [0.05, 0.1) is 22.0 Å². The maximum absolute atomic E-state index is 12.7. The smallest absolute Gasteiger partial charge is 0.252 e. The molecule has 0 atom stereocenters. The third kappa shape index (κ3) is 2.98. The molecule has 0 fully saturated rings. The van der Waals surface area contributed by atoms with Crippen molar-refractivity contribution in [3.63, 3.8) is 0 Å². The Balaban J connectivity index is 1.88.